The highest BCUT2D eigenvalue weighted by molar-refractivity contribution is 7.92. The minimum Gasteiger partial charge on any atom is -0.493 e. The van der Waals surface area contributed by atoms with Crippen molar-refractivity contribution in [2.75, 3.05) is 25.1 Å². The maximum absolute atomic E-state index is 13.5. The highest BCUT2D eigenvalue weighted by Gasteiger charge is 2.28. The van der Waals surface area contributed by atoms with E-state index >= 15 is 0 Å². The van der Waals surface area contributed by atoms with Crippen molar-refractivity contribution in [3.8, 4) is 11.5 Å². The summed E-state index contributed by atoms with van der Waals surface area (Å²) in [6.45, 7) is -0.529. The van der Waals surface area contributed by atoms with Gasteiger partial charge in [0.15, 0.2) is 11.5 Å². The number of benzene rings is 2. The van der Waals surface area contributed by atoms with Crippen LogP contribution < -0.4 is 19.2 Å². The topological polar surface area (TPSA) is 97.3 Å². The normalized spacial score (nSPS) is 14.5. The summed E-state index contributed by atoms with van der Waals surface area (Å²) in [6.07, 6.45) is 7.13. The number of hydrogen-bond acceptors (Lipinski definition) is 6. The number of ether oxygens (including phenoxy) is 2. The van der Waals surface area contributed by atoms with E-state index in [1.165, 1.54) is 51.0 Å². The van der Waals surface area contributed by atoms with Gasteiger partial charge < -0.3 is 9.47 Å². The average Bonchev–Trinajstić information content (AvgIpc) is 2.82. The molecular formula is C24H30FN3O5S. The van der Waals surface area contributed by atoms with Crippen LogP contribution in [0.2, 0.25) is 0 Å². The Hall–Kier alpha value is -3.14. The Labute approximate surface area is 199 Å². The predicted octanol–water partition coefficient (Wildman–Crippen LogP) is 4.25. The van der Waals surface area contributed by atoms with Crippen LogP contribution in [0.4, 0.5) is 10.1 Å². The van der Waals surface area contributed by atoms with Crippen LogP contribution in [0.25, 0.3) is 0 Å². The predicted molar refractivity (Wildman–Crippen MR) is 128 cm³/mol. The van der Waals surface area contributed by atoms with Gasteiger partial charge in [0.25, 0.3) is 15.9 Å². The molecule has 1 fully saturated rings. The van der Waals surface area contributed by atoms with E-state index in [2.05, 4.69) is 10.5 Å². The van der Waals surface area contributed by atoms with E-state index < -0.39 is 28.3 Å². The first kappa shape index (κ1) is 25.5. The lowest BCUT2D eigenvalue weighted by atomic mass is 9.99. The van der Waals surface area contributed by atoms with Crippen LogP contribution in [-0.2, 0) is 14.8 Å². The number of carbonyl (C=O) groups is 1. The molecule has 3 rings (SSSR count). The van der Waals surface area contributed by atoms with Crippen molar-refractivity contribution in [1.82, 2.24) is 5.43 Å². The molecule has 2 aromatic carbocycles. The first-order valence-corrected chi connectivity index (χ1v) is 12.6. The molecule has 1 N–H and O–H groups in total. The molecule has 0 bridgehead atoms. The maximum Gasteiger partial charge on any atom is 0.264 e. The molecule has 1 saturated carbocycles. The number of anilines is 1. The molecule has 0 aliphatic heterocycles. The Morgan fingerprint density at radius 1 is 0.971 bits per heavy atom. The Bertz CT molecular complexity index is 1110. The lowest BCUT2D eigenvalue weighted by Gasteiger charge is -2.24. The molecular weight excluding hydrogens is 461 g/mol. The van der Waals surface area contributed by atoms with Gasteiger partial charge in [0.2, 0.25) is 0 Å². The third-order valence-electron chi connectivity index (χ3n) is 5.61. The number of nitrogens with one attached hydrogen (secondary N) is 1. The van der Waals surface area contributed by atoms with Crippen molar-refractivity contribution in [3.05, 3.63) is 48.3 Å². The van der Waals surface area contributed by atoms with Crippen LogP contribution >= 0.6 is 0 Å². The molecule has 1 amide bonds. The van der Waals surface area contributed by atoms with E-state index in [1.54, 1.807) is 0 Å². The van der Waals surface area contributed by atoms with Gasteiger partial charge in [-0.1, -0.05) is 19.3 Å². The van der Waals surface area contributed by atoms with E-state index in [-0.39, 0.29) is 16.3 Å². The van der Waals surface area contributed by atoms with Crippen molar-refractivity contribution >= 4 is 27.3 Å². The second-order valence-electron chi connectivity index (χ2n) is 7.99. The van der Waals surface area contributed by atoms with Crippen molar-refractivity contribution in [1.29, 1.82) is 0 Å². The summed E-state index contributed by atoms with van der Waals surface area (Å²) in [6, 6.07) is 9.04. The number of hydrogen-bond donors (Lipinski definition) is 1. The quantitative estimate of drug-likeness (QED) is 0.557. The van der Waals surface area contributed by atoms with Crippen LogP contribution in [0.3, 0.4) is 0 Å². The van der Waals surface area contributed by atoms with Gasteiger partial charge in [0, 0.05) is 11.8 Å². The SMILES string of the molecule is COc1ccc(S(=O)(=O)N(CC(=O)NN=C2CCCCCCC2)c2ccc(F)cc2)cc1OC. The summed E-state index contributed by atoms with van der Waals surface area (Å²) in [7, 11) is -1.37. The highest BCUT2D eigenvalue weighted by atomic mass is 32.2. The monoisotopic (exact) mass is 491 g/mol. The zero-order valence-electron chi connectivity index (χ0n) is 19.4. The number of hydrazone groups is 1. The maximum atomic E-state index is 13.5. The van der Waals surface area contributed by atoms with Gasteiger partial charge in [0.1, 0.15) is 12.4 Å². The van der Waals surface area contributed by atoms with Crippen LogP contribution in [0, 0.1) is 5.82 Å². The number of methoxy groups -OCH3 is 2. The summed E-state index contributed by atoms with van der Waals surface area (Å²) in [4.78, 5) is 12.6. The molecule has 0 unspecified atom stereocenters. The highest BCUT2D eigenvalue weighted by Crippen LogP contribution is 2.32. The van der Waals surface area contributed by atoms with Gasteiger partial charge >= 0.3 is 0 Å². The van der Waals surface area contributed by atoms with Crippen molar-refractivity contribution in [2.24, 2.45) is 5.10 Å². The molecule has 1 aliphatic rings. The zero-order chi connectivity index (χ0) is 24.6. The van der Waals surface area contributed by atoms with Gasteiger partial charge in [0.05, 0.1) is 24.8 Å². The van der Waals surface area contributed by atoms with Crippen molar-refractivity contribution in [2.45, 2.75) is 49.8 Å². The van der Waals surface area contributed by atoms with E-state index in [9.17, 15) is 17.6 Å². The lowest BCUT2D eigenvalue weighted by Crippen LogP contribution is -2.39. The van der Waals surface area contributed by atoms with Gasteiger partial charge in [-0.15, -0.1) is 0 Å². The first-order chi connectivity index (χ1) is 16.3. The Kier molecular flexibility index (Phi) is 8.86. The van der Waals surface area contributed by atoms with E-state index in [1.807, 2.05) is 0 Å². The molecule has 0 atom stereocenters. The lowest BCUT2D eigenvalue weighted by molar-refractivity contribution is -0.119. The molecule has 0 heterocycles. The van der Waals surface area contributed by atoms with Gasteiger partial charge in [-0.3, -0.25) is 9.10 Å². The fraction of sp³-hybridized carbons (Fsp3) is 0.417. The molecule has 0 saturated heterocycles. The molecule has 0 radical (unpaired) electrons. The van der Waals surface area contributed by atoms with Crippen LogP contribution in [0.15, 0.2) is 52.5 Å². The minimum absolute atomic E-state index is 0.103. The molecule has 1 aliphatic carbocycles. The standard InChI is InChI=1S/C24H30FN3O5S/c1-32-22-15-14-21(16-23(22)33-2)34(30,31)28(20-12-10-18(25)11-13-20)17-24(29)27-26-19-8-6-4-3-5-7-9-19/h10-16H,3-9,17H2,1-2H3,(H,27,29). The van der Waals surface area contributed by atoms with Crippen molar-refractivity contribution < 1.29 is 27.1 Å². The summed E-state index contributed by atoms with van der Waals surface area (Å²) in [5.74, 6) is -0.527. The summed E-state index contributed by atoms with van der Waals surface area (Å²) >= 11 is 0. The number of amides is 1. The van der Waals surface area contributed by atoms with E-state index in [4.69, 9.17) is 9.47 Å². The second-order valence-corrected chi connectivity index (χ2v) is 9.85. The van der Waals surface area contributed by atoms with E-state index in [0.717, 1.165) is 60.7 Å². The number of sulfonamides is 1. The van der Waals surface area contributed by atoms with Crippen LogP contribution in [0.1, 0.15) is 44.9 Å². The zero-order valence-corrected chi connectivity index (χ0v) is 20.2. The molecule has 8 nitrogen and oxygen atoms in total. The summed E-state index contributed by atoms with van der Waals surface area (Å²) in [5.41, 5.74) is 3.55. The second kappa shape index (κ2) is 11.8. The van der Waals surface area contributed by atoms with Crippen molar-refractivity contribution in [3.63, 3.8) is 0 Å². The number of nitrogens with zero attached hydrogens (tertiary/aromatic N) is 2. The molecule has 10 heteroatoms. The summed E-state index contributed by atoms with van der Waals surface area (Å²) in [5, 5.41) is 4.25. The van der Waals surface area contributed by atoms with Gasteiger partial charge in [-0.25, -0.2) is 18.2 Å². The number of halogens is 1. The Balaban J connectivity index is 1.88. The Morgan fingerprint density at radius 3 is 2.21 bits per heavy atom. The third kappa shape index (κ3) is 6.47. The molecule has 0 aromatic heterocycles. The van der Waals surface area contributed by atoms with Gasteiger partial charge in [-0.05, 0) is 62.1 Å². The number of rotatable bonds is 8. The van der Waals surface area contributed by atoms with Crippen LogP contribution in [-0.4, -0.2) is 40.8 Å². The Morgan fingerprint density at radius 2 is 1.59 bits per heavy atom. The summed E-state index contributed by atoms with van der Waals surface area (Å²) < 4.78 is 51.9. The van der Waals surface area contributed by atoms with E-state index in [0.29, 0.717) is 5.75 Å². The van der Waals surface area contributed by atoms with Crippen LogP contribution in [0.5, 0.6) is 11.5 Å². The molecule has 0 spiro atoms. The largest absolute Gasteiger partial charge is 0.493 e. The fourth-order valence-electron chi connectivity index (χ4n) is 3.76. The average molecular weight is 492 g/mol. The smallest absolute Gasteiger partial charge is 0.264 e. The van der Waals surface area contributed by atoms with Gasteiger partial charge in [-0.2, -0.15) is 5.10 Å². The molecule has 2 aromatic rings. The minimum atomic E-state index is -4.21. The molecule has 34 heavy (non-hydrogen) atoms. The third-order valence-corrected chi connectivity index (χ3v) is 7.38. The first-order valence-electron chi connectivity index (χ1n) is 11.2. The fourth-order valence-corrected chi connectivity index (χ4v) is 5.20. The molecule has 184 valence electrons. The number of carbonyl (C=O) groups excluding carboxylic acids is 1.